The van der Waals surface area contributed by atoms with Gasteiger partial charge in [0.15, 0.2) is 17.2 Å². The minimum Gasteiger partial charge on any atom is -0.494 e. The predicted octanol–water partition coefficient (Wildman–Crippen LogP) is 3.18. The maximum absolute atomic E-state index is 13.9. The number of rotatable bonds is 6. The fourth-order valence-corrected chi connectivity index (χ4v) is 3.34. The lowest BCUT2D eigenvalue weighted by molar-refractivity contribution is -0.121. The lowest BCUT2D eigenvalue weighted by Gasteiger charge is -2.16. The van der Waals surface area contributed by atoms with Crippen molar-refractivity contribution in [2.75, 3.05) is 7.11 Å². The molecule has 0 radical (unpaired) electrons. The van der Waals surface area contributed by atoms with E-state index in [1.807, 2.05) is 13.8 Å². The molecule has 8 heteroatoms. The lowest BCUT2D eigenvalue weighted by Crippen LogP contribution is -2.27. The highest BCUT2D eigenvalue weighted by Gasteiger charge is 2.16. The number of amides is 1. The smallest absolute Gasteiger partial charge is 0.220 e. The number of nitriles is 1. The normalized spacial score (nSPS) is 11.9. The molecule has 1 amide bonds. The molecule has 3 aromatic rings. The molecule has 0 saturated heterocycles. The summed E-state index contributed by atoms with van der Waals surface area (Å²) in [5, 5.41) is 16.3. The van der Waals surface area contributed by atoms with Gasteiger partial charge in [-0.05, 0) is 50.5 Å². The molecular formula is C21H22FN5O2. The summed E-state index contributed by atoms with van der Waals surface area (Å²) in [6, 6.07) is 6.37. The minimum atomic E-state index is -0.465. The van der Waals surface area contributed by atoms with Crippen molar-refractivity contribution in [2.24, 2.45) is 0 Å². The SMILES string of the molecule is COc1ccc([C@@H](C)NC(=O)CCc2c(C)nc3c(C#N)cnn3c2C)cc1F. The summed E-state index contributed by atoms with van der Waals surface area (Å²) >= 11 is 0. The number of carbonyl (C=O) groups is 1. The third-order valence-electron chi connectivity index (χ3n) is 4.98. The molecule has 0 saturated carbocycles. The van der Waals surface area contributed by atoms with Crippen molar-refractivity contribution in [1.29, 1.82) is 5.26 Å². The van der Waals surface area contributed by atoms with Crippen LogP contribution in [0, 0.1) is 31.0 Å². The second-order valence-electron chi connectivity index (χ2n) is 6.85. The molecule has 0 aliphatic carbocycles. The van der Waals surface area contributed by atoms with Gasteiger partial charge in [0, 0.05) is 17.8 Å². The number of halogens is 1. The molecule has 29 heavy (non-hydrogen) atoms. The van der Waals surface area contributed by atoms with E-state index in [2.05, 4.69) is 21.5 Å². The third kappa shape index (κ3) is 4.04. The Morgan fingerprint density at radius 3 is 2.83 bits per heavy atom. The van der Waals surface area contributed by atoms with Crippen molar-refractivity contribution in [1.82, 2.24) is 19.9 Å². The monoisotopic (exact) mass is 395 g/mol. The van der Waals surface area contributed by atoms with Gasteiger partial charge in [0.1, 0.15) is 11.6 Å². The second-order valence-corrected chi connectivity index (χ2v) is 6.85. The van der Waals surface area contributed by atoms with Gasteiger partial charge in [-0.25, -0.2) is 13.9 Å². The van der Waals surface area contributed by atoms with Crippen LogP contribution in [0.15, 0.2) is 24.4 Å². The number of methoxy groups -OCH3 is 1. The van der Waals surface area contributed by atoms with Gasteiger partial charge in [-0.15, -0.1) is 0 Å². The molecule has 3 rings (SSSR count). The number of ether oxygens (including phenoxy) is 1. The van der Waals surface area contributed by atoms with Crippen LogP contribution in [0.5, 0.6) is 5.75 Å². The van der Waals surface area contributed by atoms with Gasteiger partial charge in [0.05, 0.1) is 19.3 Å². The van der Waals surface area contributed by atoms with Gasteiger partial charge in [0.2, 0.25) is 5.91 Å². The van der Waals surface area contributed by atoms with Crippen LogP contribution < -0.4 is 10.1 Å². The molecule has 0 aliphatic heterocycles. The molecule has 0 bridgehead atoms. The molecule has 0 spiro atoms. The maximum Gasteiger partial charge on any atom is 0.220 e. The third-order valence-corrected chi connectivity index (χ3v) is 4.98. The number of hydrogen-bond acceptors (Lipinski definition) is 5. The van der Waals surface area contributed by atoms with Crippen LogP contribution in [-0.4, -0.2) is 27.6 Å². The van der Waals surface area contributed by atoms with E-state index in [-0.39, 0.29) is 24.1 Å². The molecule has 0 fully saturated rings. The van der Waals surface area contributed by atoms with E-state index in [1.54, 1.807) is 23.6 Å². The van der Waals surface area contributed by atoms with E-state index in [0.717, 1.165) is 17.0 Å². The van der Waals surface area contributed by atoms with E-state index in [9.17, 15) is 9.18 Å². The molecule has 1 aromatic carbocycles. The fraction of sp³-hybridized carbons (Fsp3) is 0.333. The van der Waals surface area contributed by atoms with Crippen LogP contribution in [-0.2, 0) is 11.2 Å². The topological polar surface area (TPSA) is 92.3 Å². The predicted molar refractivity (Wildman–Crippen MR) is 105 cm³/mol. The van der Waals surface area contributed by atoms with Crippen molar-refractivity contribution in [3.05, 3.63) is 58.3 Å². The first-order valence-corrected chi connectivity index (χ1v) is 9.22. The van der Waals surface area contributed by atoms with E-state index in [1.165, 1.54) is 19.4 Å². The van der Waals surface area contributed by atoms with E-state index >= 15 is 0 Å². The average Bonchev–Trinajstić information content (AvgIpc) is 3.10. The standard InChI is InChI=1S/C21H22FN5O2/c1-12(15-5-7-19(29-4)18(22)9-15)25-20(28)8-6-17-13(2)26-21-16(10-23)11-24-27(21)14(17)3/h5,7,9,11-12H,6,8H2,1-4H3,(H,25,28)/t12-/m1/s1. The number of hydrogen-bond donors (Lipinski definition) is 1. The summed E-state index contributed by atoms with van der Waals surface area (Å²) in [7, 11) is 1.41. The van der Waals surface area contributed by atoms with Crippen molar-refractivity contribution in [3.8, 4) is 11.8 Å². The molecule has 0 aliphatic rings. The Bertz CT molecular complexity index is 1120. The molecule has 150 valence electrons. The van der Waals surface area contributed by atoms with Crippen LogP contribution in [0.25, 0.3) is 5.65 Å². The Morgan fingerprint density at radius 1 is 1.41 bits per heavy atom. The minimum absolute atomic E-state index is 0.147. The number of benzene rings is 1. The zero-order valence-corrected chi connectivity index (χ0v) is 16.8. The number of aromatic nitrogens is 3. The number of aryl methyl sites for hydroxylation is 2. The van der Waals surface area contributed by atoms with Crippen molar-refractivity contribution < 1.29 is 13.9 Å². The van der Waals surface area contributed by atoms with Crippen molar-refractivity contribution in [2.45, 2.75) is 39.7 Å². The van der Waals surface area contributed by atoms with Crippen molar-refractivity contribution in [3.63, 3.8) is 0 Å². The van der Waals surface area contributed by atoms with E-state index in [4.69, 9.17) is 10.00 Å². The highest BCUT2D eigenvalue weighted by molar-refractivity contribution is 5.76. The first-order valence-electron chi connectivity index (χ1n) is 9.22. The molecule has 1 atom stereocenters. The molecule has 2 aromatic heterocycles. The lowest BCUT2D eigenvalue weighted by atomic mass is 10.0. The average molecular weight is 395 g/mol. The zero-order chi connectivity index (χ0) is 21.1. The quantitative estimate of drug-likeness (QED) is 0.692. The number of fused-ring (bicyclic) bond motifs is 1. The van der Waals surface area contributed by atoms with Crippen LogP contribution in [0.2, 0.25) is 0 Å². The van der Waals surface area contributed by atoms with Gasteiger partial charge < -0.3 is 10.1 Å². The Hall–Kier alpha value is -3.47. The number of carbonyl (C=O) groups excluding carboxylic acids is 1. The molecular weight excluding hydrogens is 373 g/mol. The highest BCUT2D eigenvalue weighted by atomic mass is 19.1. The molecule has 7 nitrogen and oxygen atoms in total. The van der Waals surface area contributed by atoms with Crippen LogP contribution >= 0.6 is 0 Å². The number of nitrogens with one attached hydrogen (secondary N) is 1. The second kappa shape index (κ2) is 8.27. The Kier molecular flexibility index (Phi) is 5.78. The van der Waals surface area contributed by atoms with Gasteiger partial charge in [-0.1, -0.05) is 6.07 Å². The molecule has 1 N–H and O–H groups in total. The first-order chi connectivity index (χ1) is 13.8. The van der Waals surface area contributed by atoms with E-state index < -0.39 is 5.82 Å². The summed E-state index contributed by atoms with van der Waals surface area (Å²) in [6.45, 7) is 5.55. The van der Waals surface area contributed by atoms with Crippen LogP contribution in [0.3, 0.4) is 0 Å². The summed E-state index contributed by atoms with van der Waals surface area (Å²) in [5.41, 5.74) is 4.14. The maximum atomic E-state index is 13.9. The Morgan fingerprint density at radius 2 is 2.17 bits per heavy atom. The highest BCUT2D eigenvalue weighted by Crippen LogP contribution is 2.22. The Labute approximate surface area is 168 Å². The summed E-state index contributed by atoms with van der Waals surface area (Å²) in [4.78, 5) is 16.9. The van der Waals surface area contributed by atoms with Crippen LogP contribution in [0.4, 0.5) is 4.39 Å². The van der Waals surface area contributed by atoms with Gasteiger partial charge in [0.25, 0.3) is 0 Å². The summed E-state index contributed by atoms with van der Waals surface area (Å²) in [5.74, 6) is -0.446. The largest absolute Gasteiger partial charge is 0.494 e. The zero-order valence-electron chi connectivity index (χ0n) is 16.8. The van der Waals surface area contributed by atoms with E-state index in [0.29, 0.717) is 23.2 Å². The van der Waals surface area contributed by atoms with Crippen LogP contribution in [0.1, 0.15) is 47.5 Å². The van der Waals surface area contributed by atoms with Gasteiger partial charge in [-0.3, -0.25) is 4.79 Å². The van der Waals surface area contributed by atoms with Crippen molar-refractivity contribution >= 4 is 11.6 Å². The van der Waals surface area contributed by atoms with Gasteiger partial charge >= 0.3 is 0 Å². The van der Waals surface area contributed by atoms with Gasteiger partial charge in [-0.2, -0.15) is 10.4 Å². The Balaban J connectivity index is 1.69. The number of nitrogens with zero attached hydrogens (tertiary/aromatic N) is 4. The molecule has 2 heterocycles. The molecule has 0 unspecified atom stereocenters. The fourth-order valence-electron chi connectivity index (χ4n) is 3.34. The summed E-state index contributed by atoms with van der Waals surface area (Å²) < 4.78 is 20.4. The first kappa shape index (κ1) is 20.3. The summed E-state index contributed by atoms with van der Waals surface area (Å²) in [6.07, 6.45) is 2.23.